The van der Waals surface area contributed by atoms with Crippen LogP contribution in [0.2, 0.25) is 0 Å². The van der Waals surface area contributed by atoms with Crippen LogP contribution >= 0.6 is 0 Å². The first-order valence-corrected chi connectivity index (χ1v) is 7.51. The van der Waals surface area contributed by atoms with E-state index >= 15 is 0 Å². The standard InChI is InChI=1S/C14H30N2O3/c1-17-11-12-19-14-13-18-10-6-15-5-9-16-7-3-2-4-8-16/h15H,2-14H2,1H3. The van der Waals surface area contributed by atoms with Gasteiger partial charge in [0.1, 0.15) is 0 Å². The van der Waals surface area contributed by atoms with Crippen LogP contribution in [-0.4, -0.2) is 77.8 Å². The summed E-state index contributed by atoms with van der Waals surface area (Å²) in [6, 6.07) is 0. The molecule has 0 bridgehead atoms. The van der Waals surface area contributed by atoms with Crippen molar-refractivity contribution in [1.29, 1.82) is 0 Å². The number of nitrogens with one attached hydrogen (secondary N) is 1. The molecule has 114 valence electrons. The molecule has 0 aromatic heterocycles. The number of nitrogens with zero attached hydrogens (tertiary/aromatic N) is 1. The SMILES string of the molecule is COCCOCCOCCNCCN1CCCCC1. The molecule has 0 aliphatic carbocycles. The number of piperidine rings is 1. The second-order valence-electron chi connectivity index (χ2n) is 4.87. The molecular formula is C14H30N2O3. The van der Waals surface area contributed by atoms with Gasteiger partial charge in [0.15, 0.2) is 0 Å². The molecule has 0 spiro atoms. The predicted molar refractivity (Wildman–Crippen MR) is 76.7 cm³/mol. The molecule has 0 aromatic carbocycles. The summed E-state index contributed by atoms with van der Waals surface area (Å²) < 4.78 is 15.7. The van der Waals surface area contributed by atoms with E-state index in [1.165, 1.54) is 38.9 Å². The van der Waals surface area contributed by atoms with Crippen LogP contribution < -0.4 is 5.32 Å². The molecule has 1 rings (SSSR count). The zero-order valence-electron chi connectivity index (χ0n) is 12.4. The fourth-order valence-corrected chi connectivity index (χ4v) is 2.15. The minimum Gasteiger partial charge on any atom is -0.382 e. The molecule has 5 nitrogen and oxygen atoms in total. The van der Waals surface area contributed by atoms with Crippen molar-refractivity contribution in [3.05, 3.63) is 0 Å². The normalized spacial score (nSPS) is 16.9. The molecule has 0 saturated carbocycles. The van der Waals surface area contributed by atoms with Crippen LogP contribution in [-0.2, 0) is 14.2 Å². The molecule has 0 unspecified atom stereocenters. The summed E-state index contributed by atoms with van der Waals surface area (Å²) in [6.45, 7) is 9.07. The van der Waals surface area contributed by atoms with Gasteiger partial charge in [-0.15, -0.1) is 0 Å². The summed E-state index contributed by atoms with van der Waals surface area (Å²) in [4.78, 5) is 2.54. The molecule has 1 heterocycles. The third kappa shape index (κ3) is 10.3. The third-order valence-corrected chi connectivity index (χ3v) is 3.28. The molecule has 1 saturated heterocycles. The molecule has 5 heteroatoms. The van der Waals surface area contributed by atoms with E-state index in [9.17, 15) is 0 Å². The fourth-order valence-electron chi connectivity index (χ4n) is 2.15. The second kappa shape index (κ2) is 12.8. The van der Waals surface area contributed by atoms with E-state index < -0.39 is 0 Å². The van der Waals surface area contributed by atoms with Crippen LogP contribution in [0.1, 0.15) is 19.3 Å². The van der Waals surface area contributed by atoms with Gasteiger partial charge in [0.25, 0.3) is 0 Å². The lowest BCUT2D eigenvalue weighted by Crippen LogP contribution is -2.36. The van der Waals surface area contributed by atoms with Crippen molar-refractivity contribution in [2.75, 3.05) is 72.9 Å². The smallest absolute Gasteiger partial charge is 0.0701 e. The first-order chi connectivity index (χ1) is 9.43. The Balaban J connectivity index is 1.71. The van der Waals surface area contributed by atoms with Crippen molar-refractivity contribution in [2.24, 2.45) is 0 Å². The lowest BCUT2D eigenvalue weighted by atomic mass is 10.1. The topological polar surface area (TPSA) is 43.0 Å². The van der Waals surface area contributed by atoms with E-state index in [2.05, 4.69) is 10.2 Å². The molecule has 1 aliphatic heterocycles. The van der Waals surface area contributed by atoms with Gasteiger partial charge < -0.3 is 24.4 Å². The van der Waals surface area contributed by atoms with E-state index in [0.29, 0.717) is 26.4 Å². The average Bonchev–Trinajstić information content (AvgIpc) is 2.46. The van der Waals surface area contributed by atoms with Gasteiger partial charge in [-0.25, -0.2) is 0 Å². The molecule has 0 atom stereocenters. The Kier molecular flexibility index (Phi) is 11.4. The Morgan fingerprint density at radius 2 is 1.53 bits per heavy atom. The van der Waals surface area contributed by atoms with Crippen molar-refractivity contribution in [1.82, 2.24) is 10.2 Å². The van der Waals surface area contributed by atoms with Crippen molar-refractivity contribution < 1.29 is 14.2 Å². The summed E-state index contributed by atoms with van der Waals surface area (Å²) in [7, 11) is 1.68. The van der Waals surface area contributed by atoms with Crippen molar-refractivity contribution >= 4 is 0 Å². The third-order valence-electron chi connectivity index (χ3n) is 3.28. The summed E-state index contributed by atoms with van der Waals surface area (Å²) in [5.74, 6) is 0. The van der Waals surface area contributed by atoms with E-state index in [4.69, 9.17) is 14.2 Å². The van der Waals surface area contributed by atoms with Crippen LogP contribution in [0.15, 0.2) is 0 Å². The highest BCUT2D eigenvalue weighted by Gasteiger charge is 2.08. The zero-order chi connectivity index (χ0) is 13.6. The summed E-state index contributed by atoms with van der Waals surface area (Å²) in [5, 5.41) is 3.42. The van der Waals surface area contributed by atoms with Gasteiger partial charge in [0.2, 0.25) is 0 Å². The number of likely N-dealkylation sites (tertiary alicyclic amines) is 1. The van der Waals surface area contributed by atoms with Gasteiger partial charge in [-0.2, -0.15) is 0 Å². The van der Waals surface area contributed by atoms with Crippen molar-refractivity contribution in [2.45, 2.75) is 19.3 Å². The van der Waals surface area contributed by atoms with E-state index in [0.717, 1.165) is 19.7 Å². The fraction of sp³-hybridized carbons (Fsp3) is 1.00. The van der Waals surface area contributed by atoms with Gasteiger partial charge in [-0.3, -0.25) is 0 Å². The molecule has 1 aliphatic rings. The first-order valence-electron chi connectivity index (χ1n) is 7.51. The molecular weight excluding hydrogens is 244 g/mol. The van der Waals surface area contributed by atoms with Crippen LogP contribution in [0.3, 0.4) is 0 Å². The average molecular weight is 274 g/mol. The maximum Gasteiger partial charge on any atom is 0.0701 e. The zero-order valence-corrected chi connectivity index (χ0v) is 12.4. The van der Waals surface area contributed by atoms with E-state index in [1.807, 2.05) is 0 Å². The summed E-state index contributed by atoms with van der Waals surface area (Å²) in [5.41, 5.74) is 0. The highest BCUT2D eigenvalue weighted by Crippen LogP contribution is 2.07. The predicted octanol–water partition coefficient (Wildman–Crippen LogP) is 0.742. The van der Waals surface area contributed by atoms with Crippen LogP contribution in [0.4, 0.5) is 0 Å². The van der Waals surface area contributed by atoms with Crippen molar-refractivity contribution in [3.8, 4) is 0 Å². The Bertz CT molecular complexity index is 188. The van der Waals surface area contributed by atoms with Crippen LogP contribution in [0.5, 0.6) is 0 Å². The number of methoxy groups -OCH3 is 1. The Morgan fingerprint density at radius 3 is 2.26 bits per heavy atom. The summed E-state index contributed by atoms with van der Waals surface area (Å²) in [6.07, 6.45) is 4.14. The van der Waals surface area contributed by atoms with Crippen LogP contribution in [0, 0.1) is 0 Å². The highest BCUT2D eigenvalue weighted by atomic mass is 16.5. The van der Waals surface area contributed by atoms with Crippen LogP contribution in [0.25, 0.3) is 0 Å². The molecule has 19 heavy (non-hydrogen) atoms. The first kappa shape index (κ1) is 16.9. The Morgan fingerprint density at radius 1 is 0.842 bits per heavy atom. The molecule has 0 aromatic rings. The molecule has 1 fully saturated rings. The lowest BCUT2D eigenvalue weighted by molar-refractivity contribution is 0.0255. The number of hydrogen-bond donors (Lipinski definition) is 1. The maximum atomic E-state index is 5.46. The number of hydrogen-bond acceptors (Lipinski definition) is 5. The minimum atomic E-state index is 0.647. The number of ether oxygens (including phenoxy) is 3. The van der Waals surface area contributed by atoms with Crippen molar-refractivity contribution in [3.63, 3.8) is 0 Å². The van der Waals surface area contributed by atoms with Gasteiger partial charge in [0, 0.05) is 26.7 Å². The lowest BCUT2D eigenvalue weighted by Gasteiger charge is -2.26. The van der Waals surface area contributed by atoms with E-state index in [-0.39, 0.29) is 0 Å². The van der Waals surface area contributed by atoms with E-state index in [1.54, 1.807) is 7.11 Å². The Labute approximate surface area is 117 Å². The summed E-state index contributed by atoms with van der Waals surface area (Å²) >= 11 is 0. The minimum absolute atomic E-state index is 0.647. The van der Waals surface area contributed by atoms with Gasteiger partial charge in [-0.05, 0) is 25.9 Å². The largest absolute Gasteiger partial charge is 0.382 e. The molecule has 0 amide bonds. The van der Waals surface area contributed by atoms with Gasteiger partial charge in [-0.1, -0.05) is 6.42 Å². The second-order valence-corrected chi connectivity index (χ2v) is 4.87. The van der Waals surface area contributed by atoms with Gasteiger partial charge in [0.05, 0.1) is 33.0 Å². The quantitative estimate of drug-likeness (QED) is 0.532. The molecule has 0 radical (unpaired) electrons. The Hall–Kier alpha value is -0.200. The highest BCUT2D eigenvalue weighted by molar-refractivity contribution is 4.65. The maximum absolute atomic E-state index is 5.46. The van der Waals surface area contributed by atoms with Gasteiger partial charge >= 0.3 is 0 Å². The number of rotatable bonds is 12. The monoisotopic (exact) mass is 274 g/mol. The molecule has 1 N–H and O–H groups in total.